The van der Waals surface area contributed by atoms with Gasteiger partial charge in [0.15, 0.2) is 0 Å². The van der Waals surface area contributed by atoms with Gasteiger partial charge in [0.05, 0.1) is 6.61 Å². The Morgan fingerprint density at radius 1 is 1.56 bits per heavy atom. The first-order valence-corrected chi connectivity index (χ1v) is 6.25. The topological polar surface area (TPSA) is 67.3 Å². The van der Waals surface area contributed by atoms with Gasteiger partial charge >= 0.3 is 6.09 Å². The predicted molar refractivity (Wildman–Crippen MR) is 67.4 cm³/mol. The maximum atomic E-state index is 11.4. The predicted octanol–water partition coefficient (Wildman–Crippen LogP) is 1.19. The Morgan fingerprint density at radius 3 is 3.06 bits per heavy atom. The van der Waals surface area contributed by atoms with Crippen LogP contribution in [0, 0.1) is 0 Å². The van der Waals surface area contributed by atoms with Gasteiger partial charge in [0.1, 0.15) is 0 Å². The van der Waals surface area contributed by atoms with Crippen LogP contribution in [0.25, 0.3) is 0 Å². The number of alkyl carbamates (subject to hydrolysis) is 1. The van der Waals surface area contributed by atoms with E-state index in [-0.39, 0.29) is 12.1 Å². The van der Waals surface area contributed by atoms with E-state index < -0.39 is 0 Å². The second-order valence-corrected chi connectivity index (χ2v) is 4.20. The first-order valence-electron chi connectivity index (χ1n) is 6.25. The summed E-state index contributed by atoms with van der Waals surface area (Å²) < 4.78 is 4.89. The molecule has 0 aromatic carbocycles. The summed E-state index contributed by atoms with van der Waals surface area (Å²) in [7, 11) is 0. The van der Waals surface area contributed by atoms with Crippen molar-refractivity contribution in [3.63, 3.8) is 0 Å². The maximum Gasteiger partial charge on any atom is 0.407 e. The molecule has 1 amide bonds. The lowest BCUT2D eigenvalue weighted by atomic mass is 10.1. The summed E-state index contributed by atoms with van der Waals surface area (Å²) in [5, 5.41) is 2.86. The number of hydrogen-bond acceptors (Lipinski definition) is 5. The molecule has 0 radical (unpaired) electrons. The van der Waals surface area contributed by atoms with Crippen molar-refractivity contribution in [2.24, 2.45) is 0 Å². The minimum atomic E-state index is -0.349. The van der Waals surface area contributed by atoms with E-state index in [0.29, 0.717) is 12.6 Å². The Morgan fingerprint density at radius 2 is 2.33 bits per heavy atom. The molecule has 1 unspecified atom stereocenters. The number of amides is 1. The van der Waals surface area contributed by atoms with Gasteiger partial charge in [0.25, 0.3) is 0 Å². The fourth-order valence-corrected chi connectivity index (χ4v) is 2.07. The molecule has 6 nitrogen and oxygen atoms in total. The third-order valence-electron chi connectivity index (χ3n) is 2.85. The van der Waals surface area contributed by atoms with Gasteiger partial charge in [-0.05, 0) is 25.8 Å². The van der Waals surface area contributed by atoms with Crippen molar-refractivity contribution in [1.29, 1.82) is 0 Å². The van der Waals surface area contributed by atoms with Crippen molar-refractivity contribution in [1.82, 2.24) is 15.3 Å². The molecule has 2 heterocycles. The van der Waals surface area contributed by atoms with Gasteiger partial charge in [-0.25, -0.2) is 14.8 Å². The summed E-state index contributed by atoms with van der Waals surface area (Å²) >= 11 is 0. The number of nitrogens with one attached hydrogen (secondary N) is 1. The zero-order valence-electron chi connectivity index (χ0n) is 10.5. The van der Waals surface area contributed by atoms with Crippen LogP contribution in [0.3, 0.4) is 0 Å². The molecule has 0 saturated carbocycles. The van der Waals surface area contributed by atoms with Gasteiger partial charge in [-0.2, -0.15) is 0 Å². The monoisotopic (exact) mass is 250 g/mol. The molecular weight excluding hydrogens is 232 g/mol. The molecule has 1 saturated heterocycles. The first kappa shape index (κ1) is 12.6. The number of ether oxygens (including phenoxy) is 1. The summed E-state index contributed by atoms with van der Waals surface area (Å²) in [4.78, 5) is 21.9. The van der Waals surface area contributed by atoms with Crippen LogP contribution in [-0.2, 0) is 4.74 Å². The Kier molecular flexibility index (Phi) is 4.33. The van der Waals surface area contributed by atoms with Crippen molar-refractivity contribution in [2.75, 3.05) is 24.6 Å². The highest BCUT2D eigenvalue weighted by atomic mass is 16.5. The quantitative estimate of drug-likeness (QED) is 0.872. The van der Waals surface area contributed by atoms with Crippen LogP contribution in [0.5, 0.6) is 0 Å². The highest BCUT2D eigenvalue weighted by Crippen LogP contribution is 2.15. The van der Waals surface area contributed by atoms with E-state index in [2.05, 4.69) is 20.2 Å². The lowest BCUT2D eigenvalue weighted by molar-refractivity contribution is 0.146. The third kappa shape index (κ3) is 3.32. The van der Waals surface area contributed by atoms with Crippen LogP contribution in [0.4, 0.5) is 10.7 Å². The average molecular weight is 250 g/mol. The zero-order valence-corrected chi connectivity index (χ0v) is 10.5. The largest absolute Gasteiger partial charge is 0.450 e. The van der Waals surface area contributed by atoms with Crippen molar-refractivity contribution in [3.8, 4) is 0 Å². The normalized spacial score (nSPS) is 19.4. The van der Waals surface area contributed by atoms with E-state index in [9.17, 15) is 4.79 Å². The molecule has 1 N–H and O–H groups in total. The third-order valence-corrected chi connectivity index (χ3v) is 2.85. The summed E-state index contributed by atoms with van der Waals surface area (Å²) in [5.74, 6) is 0.716. The number of aromatic nitrogens is 2. The van der Waals surface area contributed by atoms with E-state index in [1.54, 1.807) is 25.4 Å². The molecule has 0 bridgehead atoms. The van der Waals surface area contributed by atoms with Crippen LogP contribution in [0.2, 0.25) is 0 Å². The molecule has 2 rings (SSSR count). The second kappa shape index (κ2) is 6.18. The Balaban J connectivity index is 1.91. The van der Waals surface area contributed by atoms with E-state index in [4.69, 9.17) is 4.74 Å². The van der Waals surface area contributed by atoms with Crippen LogP contribution in [-0.4, -0.2) is 41.8 Å². The molecular formula is C12H18N4O2. The van der Waals surface area contributed by atoms with Gasteiger partial charge in [-0.3, -0.25) is 0 Å². The second-order valence-electron chi connectivity index (χ2n) is 4.20. The number of carbonyl (C=O) groups is 1. The average Bonchev–Trinajstić information content (AvgIpc) is 2.40. The standard InChI is InChI=1S/C12H18N4O2/c1-2-18-12(17)15-10-5-3-8-16(9-10)11-13-6-4-7-14-11/h4,6-7,10H,2-3,5,8-9H2,1H3,(H,15,17). The van der Waals surface area contributed by atoms with Crippen molar-refractivity contribution in [2.45, 2.75) is 25.8 Å². The number of carbonyl (C=O) groups excluding carboxylic acids is 1. The highest BCUT2D eigenvalue weighted by molar-refractivity contribution is 5.67. The fraction of sp³-hybridized carbons (Fsp3) is 0.583. The smallest absolute Gasteiger partial charge is 0.407 e. The molecule has 1 aromatic rings. The van der Waals surface area contributed by atoms with E-state index in [1.165, 1.54) is 0 Å². The molecule has 0 aliphatic carbocycles. The maximum absolute atomic E-state index is 11.4. The van der Waals surface area contributed by atoms with E-state index in [1.807, 2.05) is 0 Å². The SMILES string of the molecule is CCOC(=O)NC1CCCN(c2ncccn2)C1. The number of anilines is 1. The molecule has 1 aliphatic rings. The number of rotatable bonds is 3. The lowest BCUT2D eigenvalue weighted by Crippen LogP contribution is -2.48. The van der Waals surface area contributed by atoms with Gasteiger partial charge < -0.3 is 15.0 Å². The fourth-order valence-electron chi connectivity index (χ4n) is 2.07. The van der Waals surface area contributed by atoms with Crippen molar-refractivity contribution >= 4 is 12.0 Å². The summed E-state index contributed by atoms with van der Waals surface area (Å²) in [6.07, 6.45) is 5.07. The number of nitrogens with zero attached hydrogens (tertiary/aromatic N) is 3. The zero-order chi connectivity index (χ0) is 12.8. The van der Waals surface area contributed by atoms with Gasteiger partial charge in [0.2, 0.25) is 5.95 Å². The molecule has 1 aromatic heterocycles. The minimum Gasteiger partial charge on any atom is -0.450 e. The van der Waals surface area contributed by atoms with Gasteiger partial charge in [0, 0.05) is 31.5 Å². The summed E-state index contributed by atoms with van der Waals surface area (Å²) in [6, 6.07) is 1.89. The Hall–Kier alpha value is -1.85. The molecule has 98 valence electrons. The van der Waals surface area contributed by atoms with E-state index >= 15 is 0 Å². The molecule has 18 heavy (non-hydrogen) atoms. The number of hydrogen-bond donors (Lipinski definition) is 1. The van der Waals surface area contributed by atoms with Gasteiger partial charge in [-0.1, -0.05) is 0 Å². The van der Waals surface area contributed by atoms with Crippen LogP contribution < -0.4 is 10.2 Å². The van der Waals surface area contributed by atoms with Crippen molar-refractivity contribution < 1.29 is 9.53 Å². The molecule has 1 atom stereocenters. The van der Waals surface area contributed by atoms with Crippen LogP contribution in [0.1, 0.15) is 19.8 Å². The highest BCUT2D eigenvalue weighted by Gasteiger charge is 2.23. The van der Waals surface area contributed by atoms with Gasteiger partial charge in [-0.15, -0.1) is 0 Å². The van der Waals surface area contributed by atoms with E-state index in [0.717, 1.165) is 25.9 Å². The molecule has 1 aliphatic heterocycles. The Bertz CT molecular complexity index is 385. The summed E-state index contributed by atoms with van der Waals surface area (Å²) in [5.41, 5.74) is 0. The summed E-state index contributed by atoms with van der Waals surface area (Å²) in [6.45, 7) is 3.84. The lowest BCUT2D eigenvalue weighted by Gasteiger charge is -2.32. The van der Waals surface area contributed by atoms with Crippen LogP contribution >= 0.6 is 0 Å². The van der Waals surface area contributed by atoms with Crippen LogP contribution in [0.15, 0.2) is 18.5 Å². The molecule has 0 spiro atoms. The first-order chi connectivity index (χ1) is 8.79. The number of piperidine rings is 1. The van der Waals surface area contributed by atoms with Crippen molar-refractivity contribution in [3.05, 3.63) is 18.5 Å². The Labute approximate surface area is 106 Å². The molecule has 1 fully saturated rings. The minimum absolute atomic E-state index is 0.0987. The molecule has 6 heteroatoms.